The Morgan fingerprint density at radius 3 is 2.29 bits per heavy atom. The third-order valence-corrected chi connectivity index (χ3v) is 7.33. The molecule has 9 nitrogen and oxygen atoms in total. The van der Waals surface area contributed by atoms with Gasteiger partial charge in [0.15, 0.2) is 5.65 Å². The van der Waals surface area contributed by atoms with Gasteiger partial charge in [0.25, 0.3) is 5.91 Å². The summed E-state index contributed by atoms with van der Waals surface area (Å²) in [5.41, 5.74) is 4.53. The van der Waals surface area contributed by atoms with Gasteiger partial charge >= 0.3 is 0 Å². The smallest absolute Gasteiger partial charge is 0.270 e. The molecule has 0 bridgehead atoms. The summed E-state index contributed by atoms with van der Waals surface area (Å²) in [4.78, 5) is 33.4. The van der Waals surface area contributed by atoms with E-state index in [1.54, 1.807) is 23.0 Å². The Bertz CT molecular complexity index is 1650. The lowest BCUT2D eigenvalue weighted by Gasteiger charge is -2.31. The molecule has 1 saturated heterocycles. The molecule has 1 aliphatic rings. The molecule has 9 heteroatoms. The van der Waals surface area contributed by atoms with Gasteiger partial charge in [0.05, 0.1) is 6.20 Å². The zero-order valence-corrected chi connectivity index (χ0v) is 23.1. The number of aromatic nitrogens is 3. The fourth-order valence-corrected chi connectivity index (χ4v) is 5.06. The van der Waals surface area contributed by atoms with Gasteiger partial charge in [-0.2, -0.15) is 5.10 Å². The highest BCUT2D eigenvalue weighted by Crippen LogP contribution is 2.26. The summed E-state index contributed by atoms with van der Waals surface area (Å²) in [7, 11) is 0. The Morgan fingerprint density at radius 1 is 0.881 bits per heavy atom. The lowest BCUT2D eigenvalue weighted by atomic mass is 10.0. The highest BCUT2D eigenvalue weighted by Gasteiger charge is 2.28. The van der Waals surface area contributed by atoms with E-state index < -0.39 is 11.9 Å². The molecule has 0 spiro atoms. The minimum absolute atomic E-state index is 0.0885. The van der Waals surface area contributed by atoms with Crippen molar-refractivity contribution < 1.29 is 14.3 Å². The molecule has 1 atom stereocenters. The first-order valence-corrected chi connectivity index (χ1v) is 14.1. The summed E-state index contributed by atoms with van der Waals surface area (Å²) in [5.74, 6) is 0.263. The molecule has 3 heterocycles. The fraction of sp³-hybridized carbons (Fsp3) is 0.212. The van der Waals surface area contributed by atoms with Crippen LogP contribution in [-0.4, -0.2) is 63.5 Å². The molecule has 0 unspecified atom stereocenters. The first kappa shape index (κ1) is 27.2. The molecular weight excluding hydrogens is 528 g/mol. The van der Waals surface area contributed by atoms with E-state index in [2.05, 4.69) is 20.7 Å². The topological polar surface area (TPSA) is 101 Å². The van der Waals surface area contributed by atoms with Crippen LogP contribution in [0.5, 0.6) is 5.75 Å². The zero-order chi connectivity index (χ0) is 28.7. The van der Waals surface area contributed by atoms with Crippen LogP contribution in [0, 0.1) is 0 Å². The maximum atomic E-state index is 13.5. The third kappa shape index (κ3) is 6.31. The summed E-state index contributed by atoms with van der Waals surface area (Å²) >= 11 is 0. The predicted molar refractivity (Wildman–Crippen MR) is 160 cm³/mol. The number of nitrogens with one attached hydrogen (secondary N) is 2. The van der Waals surface area contributed by atoms with Crippen LogP contribution in [-0.2, 0) is 17.8 Å². The second-order valence-electron chi connectivity index (χ2n) is 10.2. The number of piperazine rings is 1. The number of ether oxygens (including phenoxy) is 1. The van der Waals surface area contributed by atoms with Gasteiger partial charge in [-0.1, -0.05) is 72.8 Å². The summed E-state index contributed by atoms with van der Waals surface area (Å²) in [6.07, 6.45) is 3.84. The Balaban J connectivity index is 1.20. The average molecular weight is 561 g/mol. The maximum absolute atomic E-state index is 13.5. The van der Waals surface area contributed by atoms with Crippen molar-refractivity contribution in [3.63, 3.8) is 0 Å². The van der Waals surface area contributed by atoms with Crippen LogP contribution in [0.4, 0.5) is 0 Å². The van der Waals surface area contributed by atoms with Crippen molar-refractivity contribution in [1.82, 2.24) is 30.1 Å². The van der Waals surface area contributed by atoms with E-state index in [1.165, 1.54) is 0 Å². The van der Waals surface area contributed by atoms with Gasteiger partial charge < -0.3 is 20.3 Å². The lowest BCUT2D eigenvalue weighted by Crippen LogP contribution is -2.54. The van der Waals surface area contributed by atoms with Crippen LogP contribution in [0.25, 0.3) is 16.8 Å². The van der Waals surface area contributed by atoms with Gasteiger partial charge in [0.1, 0.15) is 24.1 Å². The highest BCUT2D eigenvalue weighted by atomic mass is 16.5. The standard InChI is InChI=1S/C33H32N6O3/c40-32(37-30(21-24-7-3-1-4-8-24)33(41)38-19-16-34-17-20-38)29-15-18-39-31(36-29)28(22-35-39)26-11-13-27(14-12-26)42-23-25-9-5-2-6-10-25/h1-15,18,22,30,34H,16-17,19-21,23H2,(H,37,40)/t30-/m0/s1. The highest BCUT2D eigenvalue weighted by molar-refractivity contribution is 5.97. The number of carbonyl (C=O) groups is 2. The van der Waals surface area contributed by atoms with E-state index in [4.69, 9.17) is 4.74 Å². The number of hydrogen-bond acceptors (Lipinski definition) is 6. The molecule has 0 radical (unpaired) electrons. The molecule has 2 aromatic heterocycles. The molecule has 5 aromatic rings. The monoisotopic (exact) mass is 560 g/mol. The number of amides is 2. The van der Waals surface area contributed by atoms with Crippen molar-refractivity contribution >= 4 is 17.5 Å². The largest absolute Gasteiger partial charge is 0.489 e. The van der Waals surface area contributed by atoms with Crippen molar-refractivity contribution in [2.45, 2.75) is 19.1 Å². The first-order chi connectivity index (χ1) is 20.6. The normalized spacial score (nSPS) is 14.0. The van der Waals surface area contributed by atoms with E-state index in [1.807, 2.05) is 89.8 Å². The lowest BCUT2D eigenvalue weighted by molar-refractivity contribution is -0.133. The molecule has 0 aliphatic carbocycles. The Labute approximate surface area is 244 Å². The summed E-state index contributed by atoms with van der Waals surface area (Å²) in [5, 5.41) is 10.7. The number of benzene rings is 3. The van der Waals surface area contributed by atoms with E-state index in [9.17, 15) is 9.59 Å². The molecule has 2 amide bonds. The van der Waals surface area contributed by atoms with Crippen molar-refractivity contribution in [2.24, 2.45) is 0 Å². The summed E-state index contributed by atoms with van der Waals surface area (Å²) in [6.45, 7) is 3.18. The molecule has 42 heavy (non-hydrogen) atoms. The first-order valence-electron chi connectivity index (χ1n) is 14.1. The van der Waals surface area contributed by atoms with Crippen molar-refractivity contribution in [3.8, 4) is 16.9 Å². The third-order valence-electron chi connectivity index (χ3n) is 7.33. The average Bonchev–Trinajstić information content (AvgIpc) is 3.48. The number of nitrogens with zero attached hydrogens (tertiary/aromatic N) is 4. The van der Waals surface area contributed by atoms with Crippen molar-refractivity contribution in [2.75, 3.05) is 26.2 Å². The van der Waals surface area contributed by atoms with Gasteiger partial charge in [-0.3, -0.25) is 9.59 Å². The van der Waals surface area contributed by atoms with E-state index in [0.29, 0.717) is 31.8 Å². The van der Waals surface area contributed by atoms with Gasteiger partial charge in [0, 0.05) is 44.4 Å². The Morgan fingerprint density at radius 2 is 1.57 bits per heavy atom. The molecule has 3 aromatic carbocycles. The van der Waals surface area contributed by atoms with Crippen LogP contribution in [0.1, 0.15) is 21.6 Å². The SMILES string of the molecule is O=C(N[C@@H](Cc1ccccc1)C(=O)N1CCNCC1)c1ccn2ncc(-c3ccc(OCc4ccccc4)cc3)c2n1. The molecule has 1 aliphatic heterocycles. The van der Waals surface area contributed by atoms with Crippen LogP contribution in [0.2, 0.25) is 0 Å². The zero-order valence-electron chi connectivity index (χ0n) is 23.1. The van der Waals surface area contributed by atoms with E-state index in [-0.39, 0.29) is 11.6 Å². The van der Waals surface area contributed by atoms with Crippen LogP contribution < -0.4 is 15.4 Å². The number of fused-ring (bicyclic) bond motifs is 1. The van der Waals surface area contributed by atoms with Crippen molar-refractivity contribution in [3.05, 3.63) is 120 Å². The Kier molecular flexibility index (Phi) is 8.19. The number of carbonyl (C=O) groups excluding carboxylic acids is 2. The summed E-state index contributed by atoms with van der Waals surface area (Å²) < 4.78 is 7.56. The quantitative estimate of drug-likeness (QED) is 0.285. The number of rotatable bonds is 9. The van der Waals surface area contributed by atoms with Crippen LogP contribution in [0.3, 0.4) is 0 Å². The molecule has 6 rings (SSSR count). The maximum Gasteiger partial charge on any atom is 0.270 e. The Hall–Kier alpha value is -5.02. The van der Waals surface area contributed by atoms with Gasteiger partial charge in [-0.25, -0.2) is 9.50 Å². The van der Waals surface area contributed by atoms with E-state index >= 15 is 0 Å². The van der Waals surface area contributed by atoms with Crippen LogP contribution in [0.15, 0.2) is 103 Å². The minimum atomic E-state index is -0.705. The van der Waals surface area contributed by atoms with Gasteiger partial charge in [-0.05, 0) is 34.9 Å². The van der Waals surface area contributed by atoms with Crippen molar-refractivity contribution in [1.29, 1.82) is 0 Å². The summed E-state index contributed by atoms with van der Waals surface area (Å²) in [6, 6.07) is 28.4. The molecule has 2 N–H and O–H groups in total. The van der Waals surface area contributed by atoms with E-state index in [0.717, 1.165) is 41.1 Å². The fourth-order valence-electron chi connectivity index (χ4n) is 5.06. The molecular formula is C33H32N6O3. The molecule has 212 valence electrons. The second kappa shape index (κ2) is 12.7. The second-order valence-corrected chi connectivity index (χ2v) is 10.2. The molecule has 0 saturated carbocycles. The van der Waals surface area contributed by atoms with Gasteiger partial charge in [0.2, 0.25) is 5.91 Å². The molecule has 1 fully saturated rings. The predicted octanol–water partition coefficient (Wildman–Crippen LogP) is 3.75. The number of hydrogen-bond donors (Lipinski definition) is 2. The van der Waals surface area contributed by atoms with Crippen LogP contribution >= 0.6 is 0 Å². The minimum Gasteiger partial charge on any atom is -0.489 e. The van der Waals surface area contributed by atoms with Gasteiger partial charge in [-0.15, -0.1) is 0 Å².